The Morgan fingerprint density at radius 3 is 2.40 bits per heavy atom. The minimum absolute atomic E-state index is 0.452. The summed E-state index contributed by atoms with van der Waals surface area (Å²) < 4.78 is 22.6. The van der Waals surface area contributed by atoms with Gasteiger partial charge in [-0.15, -0.1) is 0 Å². The van der Waals surface area contributed by atoms with Crippen molar-refractivity contribution in [3.63, 3.8) is 0 Å². The van der Waals surface area contributed by atoms with E-state index in [0.717, 1.165) is 6.42 Å². The van der Waals surface area contributed by atoms with E-state index in [1.54, 1.807) is 0 Å². The number of nitrogens with zero attached hydrogens (tertiary/aromatic N) is 1. The molecule has 0 aromatic rings. The summed E-state index contributed by atoms with van der Waals surface area (Å²) in [6.45, 7) is 3.17. The summed E-state index contributed by atoms with van der Waals surface area (Å²) in [4.78, 5) is 0. The molecule has 1 aliphatic heterocycles. The van der Waals surface area contributed by atoms with Crippen LogP contribution in [0.25, 0.3) is 0 Å². The SMILES string of the molecule is C[C@@H]1CCN(S(=O)(=O)Cl)C1. The van der Waals surface area contributed by atoms with E-state index in [1.165, 1.54) is 4.31 Å². The van der Waals surface area contributed by atoms with Gasteiger partial charge in [-0.25, -0.2) is 0 Å². The predicted octanol–water partition coefficient (Wildman–Crippen LogP) is 0.812. The summed E-state index contributed by atoms with van der Waals surface area (Å²) >= 11 is 0. The van der Waals surface area contributed by atoms with Gasteiger partial charge in [-0.2, -0.15) is 12.7 Å². The van der Waals surface area contributed by atoms with Crippen molar-refractivity contribution in [3.05, 3.63) is 0 Å². The molecule has 0 aliphatic carbocycles. The molecule has 3 nitrogen and oxygen atoms in total. The first-order valence-corrected chi connectivity index (χ1v) is 5.46. The van der Waals surface area contributed by atoms with Gasteiger partial charge >= 0.3 is 0 Å². The van der Waals surface area contributed by atoms with Crippen LogP contribution in [0, 0.1) is 5.92 Å². The maximum atomic E-state index is 10.7. The Morgan fingerprint density at radius 1 is 1.60 bits per heavy atom. The Bertz CT molecular complexity index is 214. The Hall–Kier alpha value is 0.200. The topological polar surface area (TPSA) is 37.4 Å². The zero-order valence-electron chi connectivity index (χ0n) is 5.75. The fourth-order valence-electron chi connectivity index (χ4n) is 1.09. The van der Waals surface area contributed by atoms with Gasteiger partial charge in [0, 0.05) is 23.8 Å². The van der Waals surface area contributed by atoms with Crippen LogP contribution >= 0.6 is 10.7 Å². The van der Waals surface area contributed by atoms with E-state index in [2.05, 4.69) is 0 Å². The highest BCUT2D eigenvalue weighted by Gasteiger charge is 2.26. The van der Waals surface area contributed by atoms with Crippen LogP contribution in [0.15, 0.2) is 0 Å². The molecule has 0 spiro atoms. The summed E-state index contributed by atoms with van der Waals surface area (Å²) in [5.74, 6) is 0.452. The van der Waals surface area contributed by atoms with E-state index in [4.69, 9.17) is 10.7 Å². The quantitative estimate of drug-likeness (QED) is 0.565. The molecule has 1 heterocycles. The molecule has 0 radical (unpaired) electrons. The van der Waals surface area contributed by atoms with Crippen LogP contribution < -0.4 is 0 Å². The second-order valence-corrected chi connectivity index (χ2v) is 5.20. The molecule has 0 N–H and O–H groups in total. The standard InChI is InChI=1S/C5H10ClNO2S/c1-5-2-3-7(4-5)10(6,8)9/h5H,2-4H2,1H3/t5-/m1/s1. The molecule has 5 heteroatoms. The van der Waals surface area contributed by atoms with Crippen LogP contribution in [0.5, 0.6) is 0 Å². The molecule has 1 aliphatic rings. The maximum Gasteiger partial charge on any atom is 0.299 e. The van der Waals surface area contributed by atoms with Crippen molar-refractivity contribution in [3.8, 4) is 0 Å². The van der Waals surface area contributed by atoms with E-state index in [0.29, 0.717) is 19.0 Å². The van der Waals surface area contributed by atoms with Crippen LogP contribution in [0.4, 0.5) is 0 Å². The highest BCUT2D eigenvalue weighted by Crippen LogP contribution is 2.20. The third kappa shape index (κ3) is 1.84. The van der Waals surface area contributed by atoms with Gasteiger partial charge in [0.25, 0.3) is 9.24 Å². The number of hydrogen-bond donors (Lipinski definition) is 0. The minimum Gasteiger partial charge on any atom is -0.195 e. The normalized spacial score (nSPS) is 29.2. The van der Waals surface area contributed by atoms with Gasteiger partial charge in [0.05, 0.1) is 0 Å². The molecular weight excluding hydrogens is 174 g/mol. The number of halogens is 1. The Morgan fingerprint density at radius 2 is 2.20 bits per heavy atom. The molecule has 1 saturated heterocycles. The predicted molar refractivity (Wildman–Crippen MR) is 40.1 cm³/mol. The first kappa shape index (κ1) is 8.30. The molecule has 0 amide bonds. The molecule has 1 fully saturated rings. The minimum atomic E-state index is -3.43. The second-order valence-electron chi connectivity index (χ2n) is 2.69. The van der Waals surface area contributed by atoms with Gasteiger partial charge < -0.3 is 0 Å². The molecule has 0 bridgehead atoms. The lowest BCUT2D eigenvalue weighted by molar-refractivity contribution is 0.477. The molecule has 60 valence electrons. The van der Waals surface area contributed by atoms with E-state index in [1.807, 2.05) is 6.92 Å². The maximum absolute atomic E-state index is 10.7. The van der Waals surface area contributed by atoms with Crippen LogP contribution in [0.1, 0.15) is 13.3 Å². The lowest BCUT2D eigenvalue weighted by atomic mass is 10.2. The highest BCUT2D eigenvalue weighted by atomic mass is 35.7. The zero-order chi connectivity index (χ0) is 7.78. The van der Waals surface area contributed by atoms with Gasteiger partial charge in [-0.1, -0.05) is 6.92 Å². The molecule has 0 unspecified atom stereocenters. The summed E-state index contributed by atoms with van der Waals surface area (Å²) in [6, 6.07) is 0. The Labute approximate surface area is 65.5 Å². The molecule has 0 aromatic heterocycles. The number of hydrogen-bond acceptors (Lipinski definition) is 2. The summed E-state index contributed by atoms with van der Waals surface area (Å²) in [7, 11) is 1.67. The van der Waals surface area contributed by atoms with Gasteiger partial charge in [0.2, 0.25) is 0 Å². The molecule has 0 aromatic carbocycles. The van der Waals surface area contributed by atoms with Gasteiger partial charge in [-0.3, -0.25) is 0 Å². The molecule has 1 rings (SSSR count). The molecular formula is C5H10ClNO2S. The smallest absolute Gasteiger partial charge is 0.195 e. The van der Waals surface area contributed by atoms with Crippen LogP contribution in [0.3, 0.4) is 0 Å². The fourth-order valence-corrected chi connectivity index (χ4v) is 2.22. The summed E-state index contributed by atoms with van der Waals surface area (Å²) in [5.41, 5.74) is 0. The fraction of sp³-hybridized carbons (Fsp3) is 1.00. The van der Waals surface area contributed by atoms with E-state index >= 15 is 0 Å². The first-order valence-electron chi connectivity index (χ1n) is 3.20. The second kappa shape index (κ2) is 2.68. The van der Waals surface area contributed by atoms with Crippen molar-refractivity contribution in [2.24, 2.45) is 5.92 Å². The lowest BCUT2D eigenvalue weighted by Gasteiger charge is -2.08. The van der Waals surface area contributed by atoms with Gasteiger partial charge in [-0.05, 0) is 12.3 Å². The highest BCUT2D eigenvalue weighted by molar-refractivity contribution is 8.11. The summed E-state index contributed by atoms with van der Waals surface area (Å²) in [6.07, 6.45) is 0.923. The van der Waals surface area contributed by atoms with Crippen molar-refractivity contribution < 1.29 is 8.42 Å². The Kier molecular flexibility index (Phi) is 2.22. The molecule has 1 atom stereocenters. The van der Waals surface area contributed by atoms with Crippen molar-refractivity contribution in [2.45, 2.75) is 13.3 Å². The van der Waals surface area contributed by atoms with Crippen LogP contribution in [-0.2, 0) is 9.24 Å². The largest absolute Gasteiger partial charge is 0.299 e. The van der Waals surface area contributed by atoms with Gasteiger partial charge in [0.15, 0.2) is 0 Å². The Balaban J connectivity index is 2.62. The van der Waals surface area contributed by atoms with E-state index in [-0.39, 0.29) is 0 Å². The van der Waals surface area contributed by atoms with Crippen molar-refractivity contribution >= 4 is 19.9 Å². The first-order chi connectivity index (χ1) is 4.50. The van der Waals surface area contributed by atoms with E-state index in [9.17, 15) is 8.42 Å². The number of rotatable bonds is 1. The van der Waals surface area contributed by atoms with Crippen molar-refractivity contribution in [1.29, 1.82) is 0 Å². The van der Waals surface area contributed by atoms with Crippen molar-refractivity contribution in [2.75, 3.05) is 13.1 Å². The van der Waals surface area contributed by atoms with Crippen LogP contribution in [0.2, 0.25) is 0 Å². The van der Waals surface area contributed by atoms with E-state index < -0.39 is 9.24 Å². The zero-order valence-corrected chi connectivity index (χ0v) is 7.32. The monoisotopic (exact) mass is 183 g/mol. The summed E-state index contributed by atoms with van der Waals surface area (Å²) in [5, 5.41) is 0. The average Bonchev–Trinajstić information content (AvgIpc) is 2.11. The van der Waals surface area contributed by atoms with Gasteiger partial charge in [0.1, 0.15) is 0 Å². The van der Waals surface area contributed by atoms with Crippen molar-refractivity contribution in [1.82, 2.24) is 4.31 Å². The molecule has 10 heavy (non-hydrogen) atoms. The van der Waals surface area contributed by atoms with Crippen LogP contribution in [-0.4, -0.2) is 25.8 Å². The lowest BCUT2D eigenvalue weighted by Crippen LogP contribution is -2.23. The third-order valence-corrected chi connectivity index (χ3v) is 3.23. The third-order valence-electron chi connectivity index (χ3n) is 1.70. The average molecular weight is 184 g/mol. The molecule has 0 saturated carbocycles.